The number of aryl methyl sites for hydroxylation is 1. The van der Waals surface area contributed by atoms with Crippen molar-refractivity contribution in [3.63, 3.8) is 0 Å². The molecule has 2 amide bonds. The van der Waals surface area contributed by atoms with Crippen LogP contribution in [0.2, 0.25) is 0 Å². The molecule has 0 unspecified atom stereocenters. The highest BCUT2D eigenvalue weighted by atomic mass is 79.9. The predicted octanol–water partition coefficient (Wildman–Crippen LogP) is 2.74. The molecule has 0 bridgehead atoms. The van der Waals surface area contributed by atoms with Gasteiger partial charge in [0, 0.05) is 16.1 Å². The summed E-state index contributed by atoms with van der Waals surface area (Å²) in [7, 11) is 0. The number of hydrogen-bond acceptors (Lipinski definition) is 4. The van der Waals surface area contributed by atoms with Crippen LogP contribution in [0.25, 0.3) is 0 Å². The van der Waals surface area contributed by atoms with E-state index < -0.39 is 16.7 Å². The minimum atomic E-state index is -0.767. The van der Waals surface area contributed by atoms with E-state index in [2.05, 4.69) is 26.8 Å². The SMILES string of the molecule is Cc1ccc(C(=O)NNC(=O)c2ccccc2[N+](=O)[O-])cc1Br. The number of rotatable bonds is 3. The second kappa shape index (κ2) is 7.01. The molecule has 2 rings (SSSR count). The summed E-state index contributed by atoms with van der Waals surface area (Å²) < 4.78 is 0.759. The molecule has 2 N–H and O–H groups in total. The molecule has 0 saturated heterocycles. The molecule has 8 heteroatoms. The Labute approximate surface area is 139 Å². The maximum absolute atomic E-state index is 12.0. The van der Waals surface area contributed by atoms with Crippen molar-refractivity contribution >= 4 is 33.4 Å². The first-order valence-electron chi connectivity index (χ1n) is 6.50. The topological polar surface area (TPSA) is 101 Å². The molecule has 118 valence electrons. The third-order valence-electron chi connectivity index (χ3n) is 3.07. The molecule has 2 aromatic rings. The average molecular weight is 378 g/mol. The van der Waals surface area contributed by atoms with Crippen molar-refractivity contribution in [2.45, 2.75) is 6.92 Å². The van der Waals surface area contributed by atoms with E-state index in [0.717, 1.165) is 10.0 Å². The number of nitrogens with one attached hydrogen (secondary N) is 2. The van der Waals surface area contributed by atoms with Gasteiger partial charge in [-0.1, -0.05) is 34.1 Å². The molecule has 7 nitrogen and oxygen atoms in total. The zero-order valence-electron chi connectivity index (χ0n) is 12.0. The van der Waals surface area contributed by atoms with Crippen LogP contribution in [0.5, 0.6) is 0 Å². The van der Waals surface area contributed by atoms with Gasteiger partial charge in [0.25, 0.3) is 17.5 Å². The summed E-state index contributed by atoms with van der Waals surface area (Å²) in [5, 5.41) is 10.9. The third kappa shape index (κ3) is 3.92. The van der Waals surface area contributed by atoms with Gasteiger partial charge in [-0.2, -0.15) is 0 Å². The maximum atomic E-state index is 12.0. The van der Waals surface area contributed by atoms with Crippen molar-refractivity contribution in [1.29, 1.82) is 0 Å². The molecule has 0 aromatic heterocycles. The van der Waals surface area contributed by atoms with Crippen molar-refractivity contribution in [1.82, 2.24) is 10.9 Å². The molecule has 2 aromatic carbocycles. The Kier molecular flexibility index (Phi) is 5.07. The third-order valence-corrected chi connectivity index (χ3v) is 3.92. The molecule has 0 radical (unpaired) electrons. The summed E-state index contributed by atoms with van der Waals surface area (Å²) in [5.41, 5.74) is 5.23. The van der Waals surface area contributed by atoms with E-state index >= 15 is 0 Å². The van der Waals surface area contributed by atoms with Crippen molar-refractivity contribution < 1.29 is 14.5 Å². The number of carbonyl (C=O) groups is 2. The Bertz CT molecular complexity index is 792. The number of halogens is 1. The van der Waals surface area contributed by atoms with Crippen LogP contribution in [0, 0.1) is 17.0 Å². The Balaban J connectivity index is 2.08. The van der Waals surface area contributed by atoms with Gasteiger partial charge in [-0.3, -0.25) is 30.6 Å². The smallest absolute Gasteiger partial charge is 0.267 e. The lowest BCUT2D eigenvalue weighted by Crippen LogP contribution is -2.41. The molecule has 0 fully saturated rings. The van der Waals surface area contributed by atoms with E-state index in [-0.39, 0.29) is 11.3 Å². The predicted molar refractivity (Wildman–Crippen MR) is 86.9 cm³/mol. The summed E-state index contributed by atoms with van der Waals surface area (Å²) in [6, 6.07) is 10.4. The van der Waals surface area contributed by atoms with Gasteiger partial charge in [0.2, 0.25) is 0 Å². The summed E-state index contributed by atoms with van der Waals surface area (Å²) in [4.78, 5) is 34.2. The first-order valence-corrected chi connectivity index (χ1v) is 7.29. The maximum Gasteiger partial charge on any atom is 0.282 e. The molecule has 0 heterocycles. The number of nitrogens with zero attached hydrogens (tertiary/aromatic N) is 1. The fraction of sp³-hybridized carbons (Fsp3) is 0.0667. The molecule has 0 aliphatic heterocycles. The van der Waals surface area contributed by atoms with Crippen LogP contribution in [-0.4, -0.2) is 16.7 Å². The van der Waals surface area contributed by atoms with E-state index in [1.54, 1.807) is 18.2 Å². The highest BCUT2D eigenvalue weighted by molar-refractivity contribution is 9.10. The van der Waals surface area contributed by atoms with Crippen LogP contribution in [0.4, 0.5) is 5.69 Å². The van der Waals surface area contributed by atoms with Gasteiger partial charge in [0.15, 0.2) is 0 Å². The van der Waals surface area contributed by atoms with Gasteiger partial charge in [0.1, 0.15) is 5.56 Å². The first kappa shape index (κ1) is 16.6. The summed E-state index contributed by atoms with van der Waals surface area (Å²) in [5.74, 6) is -1.30. The molecular formula is C15H12BrN3O4. The van der Waals surface area contributed by atoms with Crippen LogP contribution in [-0.2, 0) is 0 Å². The zero-order valence-corrected chi connectivity index (χ0v) is 13.6. The number of hydrazine groups is 1. The van der Waals surface area contributed by atoms with Gasteiger partial charge < -0.3 is 0 Å². The fourth-order valence-corrected chi connectivity index (χ4v) is 2.19. The second-order valence-electron chi connectivity index (χ2n) is 4.65. The molecule has 0 aliphatic carbocycles. The highest BCUT2D eigenvalue weighted by Gasteiger charge is 2.19. The van der Waals surface area contributed by atoms with Crippen LogP contribution in [0.3, 0.4) is 0 Å². The molecule has 0 spiro atoms. The average Bonchev–Trinajstić information content (AvgIpc) is 2.54. The zero-order chi connectivity index (χ0) is 17.0. The standard InChI is InChI=1S/C15H12BrN3O4/c1-9-6-7-10(8-12(9)16)14(20)17-18-15(21)11-4-2-3-5-13(11)19(22)23/h2-8H,1H3,(H,17,20)(H,18,21). The Hall–Kier alpha value is -2.74. The normalized spacial score (nSPS) is 10.0. The monoisotopic (exact) mass is 377 g/mol. The quantitative estimate of drug-likeness (QED) is 0.633. The number of amides is 2. The van der Waals surface area contributed by atoms with Gasteiger partial charge in [-0.05, 0) is 30.7 Å². The van der Waals surface area contributed by atoms with Gasteiger partial charge in [0.05, 0.1) is 4.92 Å². The van der Waals surface area contributed by atoms with Crippen molar-refractivity contribution in [2.75, 3.05) is 0 Å². The Morgan fingerprint density at radius 3 is 2.39 bits per heavy atom. The first-order chi connectivity index (χ1) is 10.9. The minimum absolute atomic E-state index is 0.136. The lowest BCUT2D eigenvalue weighted by molar-refractivity contribution is -0.385. The largest absolute Gasteiger partial charge is 0.282 e. The van der Waals surface area contributed by atoms with Crippen molar-refractivity contribution in [2.24, 2.45) is 0 Å². The second-order valence-corrected chi connectivity index (χ2v) is 5.50. The van der Waals surface area contributed by atoms with E-state index in [0.29, 0.717) is 5.56 Å². The fourth-order valence-electron chi connectivity index (χ4n) is 1.81. The number of benzene rings is 2. The Morgan fingerprint density at radius 1 is 1.09 bits per heavy atom. The number of para-hydroxylation sites is 1. The number of carbonyl (C=O) groups excluding carboxylic acids is 2. The van der Waals surface area contributed by atoms with Crippen LogP contribution in [0.15, 0.2) is 46.9 Å². The lowest BCUT2D eigenvalue weighted by atomic mass is 10.1. The Morgan fingerprint density at radius 2 is 1.74 bits per heavy atom. The van der Waals surface area contributed by atoms with E-state index in [9.17, 15) is 19.7 Å². The van der Waals surface area contributed by atoms with Gasteiger partial charge >= 0.3 is 0 Å². The number of nitro groups is 1. The lowest BCUT2D eigenvalue weighted by Gasteiger charge is -2.08. The van der Waals surface area contributed by atoms with Crippen LogP contribution in [0.1, 0.15) is 26.3 Å². The number of nitro benzene ring substituents is 1. The molecule has 23 heavy (non-hydrogen) atoms. The minimum Gasteiger partial charge on any atom is -0.267 e. The number of hydrogen-bond donors (Lipinski definition) is 2. The summed E-state index contributed by atoms with van der Waals surface area (Å²) in [6.07, 6.45) is 0. The van der Waals surface area contributed by atoms with Crippen molar-refractivity contribution in [3.05, 3.63) is 73.7 Å². The summed E-state index contributed by atoms with van der Waals surface area (Å²) >= 11 is 3.31. The molecule has 0 aliphatic rings. The van der Waals surface area contributed by atoms with E-state index in [1.807, 2.05) is 6.92 Å². The molecule has 0 saturated carbocycles. The van der Waals surface area contributed by atoms with Crippen molar-refractivity contribution in [3.8, 4) is 0 Å². The molecular weight excluding hydrogens is 366 g/mol. The van der Waals surface area contributed by atoms with Crippen LogP contribution < -0.4 is 10.9 Å². The van der Waals surface area contributed by atoms with Crippen LogP contribution >= 0.6 is 15.9 Å². The van der Waals surface area contributed by atoms with E-state index in [4.69, 9.17) is 0 Å². The summed E-state index contributed by atoms with van der Waals surface area (Å²) in [6.45, 7) is 1.88. The van der Waals surface area contributed by atoms with Gasteiger partial charge in [-0.15, -0.1) is 0 Å². The van der Waals surface area contributed by atoms with Gasteiger partial charge in [-0.25, -0.2) is 0 Å². The highest BCUT2D eigenvalue weighted by Crippen LogP contribution is 2.18. The molecule has 0 atom stereocenters. The van der Waals surface area contributed by atoms with E-state index in [1.165, 1.54) is 24.3 Å².